The number of Topliss-reactive ketones (excluding diaryl/α,β-unsaturated/α-hetero) is 1. The normalized spacial score (nSPS) is 18.8. The van der Waals surface area contributed by atoms with Crippen molar-refractivity contribution in [1.82, 2.24) is 4.90 Å². The van der Waals surface area contributed by atoms with Crippen LogP contribution in [-0.2, 0) is 14.3 Å². The van der Waals surface area contributed by atoms with Crippen LogP contribution < -0.4 is 0 Å². The first-order chi connectivity index (χ1) is 10.4. The number of ether oxygens (including phenoxy) is 1. The molecule has 0 aromatic heterocycles. The summed E-state index contributed by atoms with van der Waals surface area (Å²) < 4.78 is 4.63. The van der Waals surface area contributed by atoms with Crippen molar-refractivity contribution >= 4 is 40.9 Å². The van der Waals surface area contributed by atoms with Crippen molar-refractivity contribution in [2.75, 3.05) is 20.2 Å². The van der Waals surface area contributed by atoms with Crippen molar-refractivity contribution in [1.29, 1.82) is 0 Å². The van der Waals surface area contributed by atoms with Gasteiger partial charge in [-0.15, -0.1) is 0 Å². The molecule has 22 heavy (non-hydrogen) atoms. The molecule has 0 N–H and O–H groups in total. The zero-order valence-electron chi connectivity index (χ0n) is 12.0. The Labute approximate surface area is 138 Å². The summed E-state index contributed by atoms with van der Waals surface area (Å²) in [7, 11) is 1.25. The maximum Gasteiger partial charge on any atom is 0.316 e. The first-order valence-electron chi connectivity index (χ1n) is 6.79. The number of carbonyl (C=O) groups is 3. The molecule has 0 saturated carbocycles. The number of nitrogens with zero attached hydrogens (tertiary/aromatic N) is 1. The molecule has 7 heteroatoms. The van der Waals surface area contributed by atoms with E-state index in [1.165, 1.54) is 18.1 Å². The highest BCUT2D eigenvalue weighted by Gasteiger charge is 2.32. The van der Waals surface area contributed by atoms with Crippen LogP contribution in [0.4, 0.5) is 0 Å². The van der Waals surface area contributed by atoms with Crippen LogP contribution >= 0.6 is 23.2 Å². The molecule has 1 aliphatic heterocycles. The van der Waals surface area contributed by atoms with Crippen molar-refractivity contribution < 1.29 is 19.1 Å². The number of hydrogen-bond acceptors (Lipinski definition) is 4. The van der Waals surface area contributed by atoms with Crippen LogP contribution in [0.25, 0.3) is 0 Å². The van der Waals surface area contributed by atoms with Crippen molar-refractivity contribution in [3.63, 3.8) is 0 Å². The third-order valence-corrected chi connectivity index (χ3v) is 4.20. The monoisotopic (exact) mass is 343 g/mol. The van der Waals surface area contributed by atoms with Gasteiger partial charge in [0.25, 0.3) is 5.91 Å². The van der Waals surface area contributed by atoms with Crippen LogP contribution in [0.1, 0.15) is 23.2 Å². The highest BCUT2D eigenvalue weighted by atomic mass is 35.5. The van der Waals surface area contributed by atoms with Gasteiger partial charge >= 0.3 is 5.97 Å². The van der Waals surface area contributed by atoms with E-state index in [9.17, 15) is 14.4 Å². The molecule has 5 nitrogen and oxygen atoms in total. The van der Waals surface area contributed by atoms with Gasteiger partial charge in [-0.3, -0.25) is 14.4 Å². The van der Waals surface area contributed by atoms with Gasteiger partial charge in [-0.1, -0.05) is 23.2 Å². The summed E-state index contributed by atoms with van der Waals surface area (Å²) in [6.07, 6.45) is 0.360. The molecule has 1 fully saturated rings. The Kier molecular flexibility index (Phi) is 5.42. The van der Waals surface area contributed by atoms with Crippen molar-refractivity contribution in [2.45, 2.75) is 12.8 Å². The third kappa shape index (κ3) is 3.59. The van der Waals surface area contributed by atoms with E-state index in [4.69, 9.17) is 23.2 Å². The third-order valence-electron chi connectivity index (χ3n) is 3.64. The van der Waals surface area contributed by atoms with Gasteiger partial charge in [0.2, 0.25) is 0 Å². The van der Waals surface area contributed by atoms with Crippen molar-refractivity contribution in [3.05, 3.63) is 33.8 Å². The molecule has 2 rings (SSSR count). The second kappa shape index (κ2) is 7.11. The lowest BCUT2D eigenvalue weighted by molar-refractivity contribution is -0.149. The predicted octanol–water partition coefficient (Wildman–Crippen LogP) is 2.59. The van der Waals surface area contributed by atoms with Gasteiger partial charge in [0.15, 0.2) is 0 Å². The Balaban J connectivity index is 2.17. The molecule has 1 amide bonds. The summed E-state index contributed by atoms with van der Waals surface area (Å²) in [5.41, 5.74) is 0.290. The quantitative estimate of drug-likeness (QED) is 0.611. The zero-order valence-corrected chi connectivity index (χ0v) is 13.5. The molecule has 1 aliphatic rings. The van der Waals surface area contributed by atoms with E-state index < -0.39 is 11.9 Å². The van der Waals surface area contributed by atoms with Crippen LogP contribution in [-0.4, -0.2) is 42.8 Å². The average molecular weight is 344 g/mol. The van der Waals surface area contributed by atoms with Gasteiger partial charge in [0.1, 0.15) is 11.7 Å². The molecule has 0 aliphatic carbocycles. The second-order valence-corrected chi connectivity index (χ2v) is 5.84. The van der Waals surface area contributed by atoms with Crippen molar-refractivity contribution in [3.8, 4) is 0 Å². The minimum absolute atomic E-state index is 0.115. The maximum absolute atomic E-state index is 12.5. The summed E-state index contributed by atoms with van der Waals surface area (Å²) in [4.78, 5) is 37.6. The molecular weight excluding hydrogens is 329 g/mol. The summed E-state index contributed by atoms with van der Waals surface area (Å²) in [5.74, 6) is -1.87. The smallest absolute Gasteiger partial charge is 0.316 e. The highest BCUT2D eigenvalue weighted by molar-refractivity contribution is 6.35. The molecule has 0 radical (unpaired) electrons. The molecule has 118 valence electrons. The minimum Gasteiger partial charge on any atom is -0.468 e. The van der Waals surface area contributed by atoms with Crippen molar-refractivity contribution in [2.24, 2.45) is 5.92 Å². The van der Waals surface area contributed by atoms with Crippen LogP contribution in [0.2, 0.25) is 10.0 Å². The van der Waals surface area contributed by atoms with Crippen LogP contribution in [0.15, 0.2) is 18.2 Å². The molecule has 1 saturated heterocycles. The fourth-order valence-corrected chi connectivity index (χ4v) is 2.77. The number of likely N-dealkylation sites (tertiary alicyclic amines) is 1. The lowest BCUT2D eigenvalue weighted by Gasteiger charge is -2.20. The molecule has 1 atom stereocenters. The minimum atomic E-state index is -0.808. The molecule has 1 aromatic carbocycles. The summed E-state index contributed by atoms with van der Waals surface area (Å²) in [6, 6.07) is 4.65. The van der Waals surface area contributed by atoms with Gasteiger partial charge < -0.3 is 9.64 Å². The first-order valence-corrected chi connectivity index (χ1v) is 7.54. The van der Waals surface area contributed by atoms with Gasteiger partial charge in [-0.25, -0.2) is 0 Å². The number of ketones is 1. The molecule has 1 unspecified atom stereocenters. The SMILES string of the molecule is COC(=O)C1CCN(C(=O)c2cc(Cl)ccc2Cl)CCC1=O. The van der Waals surface area contributed by atoms with Gasteiger partial charge in [0, 0.05) is 24.5 Å². The van der Waals surface area contributed by atoms with Gasteiger partial charge in [0.05, 0.1) is 17.7 Å². The Morgan fingerprint density at radius 2 is 2.00 bits per heavy atom. The fourth-order valence-electron chi connectivity index (χ4n) is 2.40. The number of carbonyl (C=O) groups excluding carboxylic acids is 3. The number of rotatable bonds is 2. The van der Waals surface area contributed by atoms with E-state index in [0.29, 0.717) is 10.0 Å². The molecular formula is C15H15Cl2NO4. The topological polar surface area (TPSA) is 63.7 Å². The standard InChI is InChI=1S/C15H15Cl2NO4/c1-22-15(21)10-4-6-18(7-5-13(10)19)14(20)11-8-9(16)2-3-12(11)17/h2-3,8,10H,4-7H2,1H3. The Hall–Kier alpha value is -1.59. The van der Waals surface area contributed by atoms with E-state index in [1.807, 2.05) is 0 Å². The largest absolute Gasteiger partial charge is 0.468 e. The summed E-state index contributed by atoms with van der Waals surface area (Å²) in [6.45, 7) is 0.529. The Morgan fingerprint density at radius 1 is 1.27 bits per heavy atom. The second-order valence-electron chi connectivity index (χ2n) is 5.00. The van der Waals surface area contributed by atoms with Crippen LogP contribution in [0.3, 0.4) is 0 Å². The fraction of sp³-hybridized carbons (Fsp3) is 0.400. The number of hydrogen-bond donors (Lipinski definition) is 0. The predicted molar refractivity (Wildman–Crippen MR) is 82.1 cm³/mol. The number of esters is 1. The van der Waals surface area contributed by atoms with Gasteiger partial charge in [-0.05, 0) is 24.6 Å². The maximum atomic E-state index is 12.5. The highest BCUT2D eigenvalue weighted by Crippen LogP contribution is 2.24. The number of benzene rings is 1. The number of halogens is 2. The lowest BCUT2D eigenvalue weighted by Crippen LogP contribution is -2.32. The van der Waals surface area contributed by atoms with E-state index >= 15 is 0 Å². The zero-order chi connectivity index (χ0) is 16.3. The summed E-state index contributed by atoms with van der Waals surface area (Å²) in [5, 5.41) is 0.709. The number of amides is 1. The Morgan fingerprint density at radius 3 is 2.68 bits per heavy atom. The van der Waals surface area contributed by atoms with E-state index in [0.717, 1.165) is 0 Å². The molecule has 0 spiro atoms. The average Bonchev–Trinajstić information content (AvgIpc) is 2.70. The molecule has 0 bridgehead atoms. The first kappa shape index (κ1) is 16.8. The van der Waals surface area contributed by atoms with Gasteiger partial charge in [-0.2, -0.15) is 0 Å². The lowest BCUT2D eigenvalue weighted by atomic mass is 10.00. The van der Waals surface area contributed by atoms with Crippen LogP contribution in [0, 0.1) is 5.92 Å². The number of methoxy groups -OCH3 is 1. The van der Waals surface area contributed by atoms with E-state index in [-0.39, 0.29) is 43.2 Å². The van der Waals surface area contributed by atoms with E-state index in [1.54, 1.807) is 12.1 Å². The van der Waals surface area contributed by atoms with E-state index in [2.05, 4.69) is 4.74 Å². The molecule has 1 aromatic rings. The molecule has 1 heterocycles. The Bertz CT molecular complexity index is 618. The summed E-state index contributed by atoms with van der Waals surface area (Å²) >= 11 is 11.9. The van der Waals surface area contributed by atoms with Crippen LogP contribution in [0.5, 0.6) is 0 Å².